The number of hydrogen-bond acceptors (Lipinski definition) is 2. The topological polar surface area (TPSA) is 20.3 Å². The Hall–Kier alpha value is -0.700. The van der Waals surface area contributed by atoms with Crippen LogP contribution in [-0.2, 0) is 4.79 Å². The van der Waals surface area contributed by atoms with Crippen molar-refractivity contribution < 1.29 is 4.79 Å². The van der Waals surface area contributed by atoms with E-state index in [-0.39, 0.29) is 5.91 Å². The van der Waals surface area contributed by atoms with Gasteiger partial charge in [-0.3, -0.25) is 4.79 Å². The fraction of sp³-hybridized carbons (Fsp3) is 0.615. The molecule has 0 aromatic rings. The predicted molar refractivity (Wildman–Crippen MR) is 71.3 cm³/mol. The van der Waals surface area contributed by atoms with Gasteiger partial charge in [0.2, 0.25) is 0 Å². The molecule has 2 nitrogen and oxygen atoms in total. The molecule has 0 saturated carbocycles. The third-order valence-corrected chi connectivity index (χ3v) is 3.17. The molecule has 0 spiro atoms. The molecule has 1 aliphatic heterocycles. The zero-order valence-corrected chi connectivity index (χ0v) is 10.9. The molecule has 0 bridgehead atoms. The first-order valence-corrected chi connectivity index (χ1v) is 6.53. The highest BCUT2D eigenvalue weighted by atomic mass is 32.1. The lowest BCUT2D eigenvalue weighted by Crippen LogP contribution is -2.25. The molecule has 16 heavy (non-hydrogen) atoms. The van der Waals surface area contributed by atoms with Gasteiger partial charge in [-0.1, -0.05) is 45.6 Å². The van der Waals surface area contributed by atoms with Crippen LogP contribution in [0.4, 0.5) is 0 Å². The lowest BCUT2D eigenvalue weighted by atomic mass is 10.1. The molecule has 3 heteroatoms. The molecule has 1 heterocycles. The molecule has 1 amide bonds. The molecular weight excluding hydrogens is 218 g/mol. The lowest BCUT2D eigenvalue weighted by Gasteiger charge is -2.17. The second kappa shape index (κ2) is 6.79. The van der Waals surface area contributed by atoms with Crippen LogP contribution in [0.3, 0.4) is 0 Å². The van der Waals surface area contributed by atoms with Crippen LogP contribution in [0.25, 0.3) is 0 Å². The quantitative estimate of drug-likeness (QED) is 0.532. The smallest absolute Gasteiger partial charge is 0.264 e. The maximum Gasteiger partial charge on any atom is 0.264 e. The van der Waals surface area contributed by atoms with Crippen molar-refractivity contribution in [2.45, 2.75) is 45.4 Å². The Bertz CT molecular complexity index is 296. The number of rotatable bonds is 7. The van der Waals surface area contributed by atoms with Gasteiger partial charge in [0, 0.05) is 12.2 Å². The third-order valence-electron chi connectivity index (χ3n) is 2.85. The minimum atomic E-state index is 0.00175. The van der Waals surface area contributed by atoms with E-state index in [0.29, 0.717) is 4.91 Å². The van der Waals surface area contributed by atoms with E-state index in [2.05, 4.69) is 26.1 Å². The average Bonchev–Trinajstić information content (AvgIpc) is 2.49. The Morgan fingerprint density at radius 3 is 2.44 bits per heavy atom. The molecule has 0 aliphatic carbocycles. The number of thiol groups is 1. The van der Waals surface area contributed by atoms with E-state index in [1.807, 2.05) is 0 Å². The normalized spacial score (nSPS) is 15.9. The molecule has 0 unspecified atom stereocenters. The summed E-state index contributed by atoms with van der Waals surface area (Å²) in [5.41, 5.74) is 0.781. The van der Waals surface area contributed by atoms with E-state index >= 15 is 0 Å². The Labute approximate surface area is 104 Å². The van der Waals surface area contributed by atoms with Crippen LogP contribution in [0.1, 0.15) is 45.4 Å². The third kappa shape index (κ3) is 3.71. The first-order chi connectivity index (χ1) is 7.66. The van der Waals surface area contributed by atoms with Crippen LogP contribution in [0.5, 0.6) is 0 Å². The Morgan fingerprint density at radius 2 is 1.88 bits per heavy atom. The Morgan fingerprint density at radius 1 is 1.25 bits per heavy atom. The second-order valence-electron chi connectivity index (χ2n) is 4.25. The molecule has 0 aromatic heterocycles. The zero-order valence-electron chi connectivity index (χ0n) is 10.0. The van der Waals surface area contributed by atoms with Gasteiger partial charge in [0.05, 0.1) is 4.91 Å². The summed E-state index contributed by atoms with van der Waals surface area (Å²) in [6.07, 6.45) is 9.15. The molecule has 1 aliphatic rings. The molecule has 0 radical (unpaired) electrons. The number of carbonyl (C=O) groups is 1. The number of allylic oxidation sites excluding steroid dienone is 1. The number of carbonyl (C=O) groups excluding carboxylic acids is 1. The van der Waals surface area contributed by atoms with Gasteiger partial charge in [-0.25, -0.2) is 0 Å². The first-order valence-electron chi connectivity index (χ1n) is 6.08. The van der Waals surface area contributed by atoms with E-state index in [1.54, 1.807) is 11.0 Å². The van der Waals surface area contributed by atoms with Gasteiger partial charge < -0.3 is 4.90 Å². The van der Waals surface area contributed by atoms with Crippen molar-refractivity contribution >= 4 is 18.5 Å². The van der Waals surface area contributed by atoms with Crippen molar-refractivity contribution in [1.82, 2.24) is 4.90 Å². The van der Waals surface area contributed by atoms with Crippen molar-refractivity contribution in [3.63, 3.8) is 0 Å². The standard InChI is InChI=1S/C13H21NOS/c1-3-4-5-6-7-8-9-14-11(2)10-12(16)13(14)15/h10,16H,2-9H2,1H3. The summed E-state index contributed by atoms with van der Waals surface area (Å²) >= 11 is 4.11. The van der Waals surface area contributed by atoms with Crippen LogP contribution in [0, 0.1) is 0 Å². The minimum Gasteiger partial charge on any atom is -0.308 e. The molecular formula is C13H21NOS. The van der Waals surface area contributed by atoms with Gasteiger partial charge >= 0.3 is 0 Å². The highest BCUT2D eigenvalue weighted by Gasteiger charge is 2.23. The summed E-state index contributed by atoms with van der Waals surface area (Å²) < 4.78 is 0. The molecule has 90 valence electrons. The summed E-state index contributed by atoms with van der Waals surface area (Å²) in [6.45, 7) is 6.84. The summed E-state index contributed by atoms with van der Waals surface area (Å²) in [7, 11) is 0. The second-order valence-corrected chi connectivity index (χ2v) is 4.73. The fourth-order valence-corrected chi connectivity index (χ4v) is 2.13. The van der Waals surface area contributed by atoms with Gasteiger partial charge in [0.15, 0.2) is 0 Å². The van der Waals surface area contributed by atoms with Gasteiger partial charge in [-0.15, -0.1) is 12.6 Å². The first kappa shape index (κ1) is 13.4. The van der Waals surface area contributed by atoms with Crippen LogP contribution in [0.15, 0.2) is 23.3 Å². The van der Waals surface area contributed by atoms with E-state index < -0.39 is 0 Å². The van der Waals surface area contributed by atoms with E-state index in [4.69, 9.17) is 0 Å². The zero-order chi connectivity index (χ0) is 12.0. The van der Waals surface area contributed by atoms with Gasteiger partial charge in [0.25, 0.3) is 5.91 Å². The van der Waals surface area contributed by atoms with Gasteiger partial charge in [0.1, 0.15) is 0 Å². The highest BCUT2D eigenvalue weighted by Crippen LogP contribution is 2.22. The van der Waals surface area contributed by atoms with E-state index in [0.717, 1.165) is 18.7 Å². The van der Waals surface area contributed by atoms with Crippen LogP contribution < -0.4 is 0 Å². The minimum absolute atomic E-state index is 0.00175. The SMILES string of the molecule is C=C1C=C(S)C(=O)N1CCCCCCCC. The number of nitrogens with zero attached hydrogens (tertiary/aromatic N) is 1. The highest BCUT2D eigenvalue weighted by molar-refractivity contribution is 7.85. The molecule has 0 saturated heterocycles. The maximum absolute atomic E-state index is 11.6. The largest absolute Gasteiger partial charge is 0.308 e. The maximum atomic E-state index is 11.6. The molecule has 0 fully saturated rings. The van der Waals surface area contributed by atoms with Crippen molar-refractivity contribution in [1.29, 1.82) is 0 Å². The molecule has 0 N–H and O–H groups in total. The van der Waals surface area contributed by atoms with E-state index in [1.165, 1.54) is 32.1 Å². The van der Waals surface area contributed by atoms with Crippen molar-refractivity contribution in [3.05, 3.63) is 23.3 Å². The molecule has 0 aromatic carbocycles. The Balaban J connectivity index is 2.15. The average molecular weight is 239 g/mol. The van der Waals surface area contributed by atoms with Crippen molar-refractivity contribution in [2.24, 2.45) is 0 Å². The number of hydrogen-bond donors (Lipinski definition) is 1. The van der Waals surface area contributed by atoms with Crippen LogP contribution in [0.2, 0.25) is 0 Å². The van der Waals surface area contributed by atoms with Crippen LogP contribution >= 0.6 is 12.6 Å². The summed E-state index contributed by atoms with van der Waals surface area (Å²) in [5, 5.41) is 0. The predicted octanol–water partition coefficient (Wildman–Crippen LogP) is 3.52. The molecule has 1 rings (SSSR count). The number of amides is 1. The lowest BCUT2D eigenvalue weighted by molar-refractivity contribution is -0.123. The Kier molecular flexibility index (Phi) is 5.67. The number of unbranched alkanes of at least 4 members (excludes halogenated alkanes) is 5. The fourth-order valence-electron chi connectivity index (χ4n) is 1.86. The summed E-state index contributed by atoms with van der Waals surface area (Å²) in [4.78, 5) is 13.8. The van der Waals surface area contributed by atoms with Gasteiger partial charge in [-0.2, -0.15) is 0 Å². The van der Waals surface area contributed by atoms with Gasteiger partial charge in [-0.05, 0) is 12.5 Å². The van der Waals surface area contributed by atoms with Crippen molar-refractivity contribution in [3.8, 4) is 0 Å². The summed E-state index contributed by atoms with van der Waals surface area (Å²) in [5.74, 6) is 0.00175. The molecule has 0 atom stereocenters. The van der Waals surface area contributed by atoms with Crippen molar-refractivity contribution in [2.75, 3.05) is 6.54 Å². The van der Waals surface area contributed by atoms with Crippen LogP contribution in [-0.4, -0.2) is 17.4 Å². The monoisotopic (exact) mass is 239 g/mol. The summed E-state index contributed by atoms with van der Waals surface area (Å²) in [6, 6.07) is 0. The van der Waals surface area contributed by atoms with E-state index in [9.17, 15) is 4.79 Å².